The first-order valence-electron chi connectivity index (χ1n) is 8.80. The van der Waals surface area contributed by atoms with Crippen molar-refractivity contribution in [1.82, 2.24) is 4.98 Å². The smallest absolute Gasteiger partial charge is 0.264 e. The molecule has 0 spiro atoms. The van der Waals surface area contributed by atoms with E-state index in [2.05, 4.69) is 4.98 Å². The molecule has 4 rings (SSSR count). The number of ketones is 1. The summed E-state index contributed by atoms with van der Waals surface area (Å²) in [6.07, 6.45) is 2.66. The normalized spacial score (nSPS) is 18.2. The van der Waals surface area contributed by atoms with E-state index in [1.807, 2.05) is 12.1 Å². The predicted octanol–water partition coefficient (Wildman–Crippen LogP) is 3.74. The number of aliphatic hydroxyl groups is 1. The van der Waals surface area contributed by atoms with Crippen LogP contribution in [0.4, 0.5) is 5.69 Å². The summed E-state index contributed by atoms with van der Waals surface area (Å²) in [6, 6.07) is 17.4. The number of hydrogen-bond donors (Lipinski definition) is 1. The Kier molecular flexibility index (Phi) is 4.71. The predicted molar refractivity (Wildman–Crippen MR) is 106 cm³/mol. The summed E-state index contributed by atoms with van der Waals surface area (Å²) >= 11 is 5.94. The van der Waals surface area contributed by atoms with Crippen molar-refractivity contribution in [3.8, 4) is 0 Å². The minimum atomic E-state index is -1.91. The maximum atomic E-state index is 13.2. The van der Waals surface area contributed by atoms with Crippen LogP contribution in [0.3, 0.4) is 0 Å². The zero-order valence-corrected chi connectivity index (χ0v) is 15.6. The number of hydrogen-bond acceptors (Lipinski definition) is 4. The minimum Gasteiger partial charge on any atom is -0.375 e. The summed E-state index contributed by atoms with van der Waals surface area (Å²) in [4.78, 5) is 31.3. The molecular formula is C22H17ClN2O3. The highest BCUT2D eigenvalue weighted by Gasteiger charge is 2.50. The molecule has 0 unspecified atom stereocenters. The number of carbonyl (C=O) groups excluding carboxylic acids is 2. The molecule has 1 aromatic heterocycles. The van der Waals surface area contributed by atoms with Crippen LogP contribution in [0.25, 0.3) is 0 Å². The Morgan fingerprint density at radius 1 is 1.07 bits per heavy atom. The van der Waals surface area contributed by atoms with Gasteiger partial charge in [0.25, 0.3) is 5.91 Å². The number of nitrogens with zero attached hydrogens (tertiary/aromatic N) is 2. The molecule has 2 aromatic carbocycles. The first-order chi connectivity index (χ1) is 13.5. The molecule has 1 N–H and O–H groups in total. The molecule has 140 valence electrons. The molecule has 5 nitrogen and oxygen atoms in total. The van der Waals surface area contributed by atoms with Crippen LogP contribution in [0.1, 0.15) is 27.9 Å². The number of carbonyl (C=O) groups is 2. The Labute approximate surface area is 167 Å². The van der Waals surface area contributed by atoms with Crippen LogP contribution in [-0.4, -0.2) is 21.8 Å². The molecule has 0 saturated heterocycles. The summed E-state index contributed by atoms with van der Waals surface area (Å²) in [5, 5.41) is 11.9. The number of benzene rings is 2. The average molecular weight is 393 g/mol. The van der Waals surface area contributed by atoms with Crippen LogP contribution in [0, 0.1) is 0 Å². The second kappa shape index (κ2) is 7.19. The summed E-state index contributed by atoms with van der Waals surface area (Å²) < 4.78 is 0. The molecule has 0 aliphatic carbocycles. The fraction of sp³-hybridized carbons (Fsp3) is 0.136. The number of fused-ring (bicyclic) bond motifs is 1. The SMILES string of the molecule is O=C(C[C@]1(O)C(=O)N(Cc2ccc(Cl)cc2)c2ccccc21)c1cccnc1. The molecular weight excluding hydrogens is 376 g/mol. The van der Waals surface area contributed by atoms with E-state index in [9.17, 15) is 14.7 Å². The van der Waals surface area contributed by atoms with E-state index in [4.69, 9.17) is 11.6 Å². The van der Waals surface area contributed by atoms with E-state index in [0.717, 1.165) is 5.56 Å². The molecule has 1 aliphatic rings. The number of anilines is 1. The molecule has 1 aliphatic heterocycles. The lowest BCUT2D eigenvalue weighted by atomic mass is 9.88. The van der Waals surface area contributed by atoms with E-state index < -0.39 is 11.5 Å². The second-order valence-electron chi connectivity index (χ2n) is 6.74. The molecule has 1 amide bonds. The number of halogens is 1. The van der Waals surface area contributed by atoms with Crippen molar-refractivity contribution in [3.63, 3.8) is 0 Å². The Bertz CT molecular complexity index is 1040. The Morgan fingerprint density at radius 2 is 1.82 bits per heavy atom. The van der Waals surface area contributed by atoms with E-state index in [1.54, 1.807) is 54.7 Å². The van der Waals surface area contributed by atoms with E-state index in [-0.39, 0.29) is 18.7 Å². The topological polar surface area (TPSA) is 70.5 Å². The number of Topliss-reactive ketones (excluding diaryl/α,β-unsaturated/α-hetero) is 1. The quantitative estimate of drug-likeness (QED) is 0.671. The third kappa shape index (κ3) is 3.19. The van der Waals surface area contributed by atoms with Crippen LogP contribution < -0.4 is 4.90 Å². The van der Waals surface area contributed by atoms with E-state index in [1.165, 1.54) is 11.1 Å². The average Bonchev–Trinajstić information content (AvgIpc) is 2.92. The maximum Gasteiger partial charge on any atom is 0.264 e. The van der Waals surface area contributed by atoms with Crippen LogP contribution >= 0.6 is 11.6 Å². The Balaban J connectivity index is 1.68. The van der Waals surface area contributed by atoms with Crippen molar-refractivity contribution >= 4 is 29.0 Å². The second-order valence-corrected chi connectivity index (χ2v) is 7.17. The zero-order valence-electron chi connectivity index (χ0n) is 14.9. The Hall–Kier alpha value is -3.02. The van der Waals surface area contributed by atoms with Crippen molar-refractivity contribution < 1.29 is 14.7 Å². The lowest BCUT2D eigenvalue weighted by Gasteiger charge is -2.23. The highest BCUT2D eigenvalue weighted by Crippen LogP contribution is 2.43. The summed E-state index contributed by atoms with van der Waals surface area (Å²) in [7, 11) is 0. The van der Waals surface area contributed by atoms with Crippen molar-refractivity contribution in [2.45, 2.75) is 18.6 Å². The summed E-state index contributed by atoms with van der Waals surface area (Å²) in [6.45, 7) is 0.274. The maximum absolute atomic E-state index is 13.2. The molecule has 0 fully saturated rings. The molecule has 6 heteroatoms. The van der Waals surface area contributed by atoms with Gasteiger partial charge in [-0.1, -0.05) is 41.9 Å². The number of pyridine rings is 1. The third-order valence-corrected chi connectivity index (χ3v) is 5.15. The summed E-state index contributed by atoms with van der Waals surface area (Å²) in [5.74, 6) is -0.854. The van der Waals surface area contributed by atoms with Crippen LogP contribution in [0.15, 0.2) is 73.1 Å². The van der Waals surface area contributed by atoms with E-state index >= 15 is 0 Å². The Morgan fingerprint density at radius 3 is 2.54 bits per heavy atom. The van der Waals surface area contributed by atoms with Gasteiger partial charge < -0.3 is 10.0 Å². The standard InChI is InChI=1S/C22H17ClN2O3/c23-17-9-7-15(8-10-17)14-25-19-6-2-1-5-18(19)22(28,21(25)27)12-20(26)16-4-3-11-24-13-16/h1-11,13,28H,12,14H2/t22-/m1/s1. The molecule has 2 heterocycles. The fourth-order valence-corrected chi connectivity index (χ4v) is 3.59. The molecule has 0 radical (unpaired) electrons. The highest BCUT2D eigenvalue weighted by molar-refractivity contribution is 6.30. The highest BCUT2D eigenvalue weighted by atomic mass is 35.5. The number of rotatable bonds is 5. The molecule has 0 bridgehead atoms. The van der Waals surface area contributed by atoms with Crippen molar-refractivity contribution in [3.05, 3.63) is 94.8 Å². The fourth-order valence-electron chi connectivity index (χ4n) is 3.47. The molecule has 0 saturated carbocycles. The van der Waals surface area contributed by atoms with Gasteiger partial charge in [0, 0.05) is 28.5 Å². The molecule has 28 heavy (non-hydrogen) atoms. The van der Waals surface area contributed by atoms with Gasteiger partial charge in [0.2, 0.25) is 0 Å². The largest absolute Gasteiger partial charge is 0.375 e. The van der Waals surface area contributed by atoms with Crippen LogP contribution in [0.5, 0.6) is 0 Å². The lowest BCUT2D eigenvalue weighted by Crippen LogP contribution is -2.41. The van der Waals surface area contributed by atoms with E-state index in [0.29, 0.717) is 21.8 Å². The van der Waals surface area contributed by atoms with Gasteiger partial charge in [-0.2, -0.15) is 0 Å². The van der Waals surface area contributed by atoms with Crippen molar-refractivity contribution in [1.29, 1.82) is 0 Å². The monoisotopic (exact) mass is 392 g/mol. The van der Waals surface area contributed by atoms with Gasteiger partial charge in [-0.25, -0.2) is 0 Å². The number of aromatic nitrogens is 1. The van der Waals surface area contributed by atoms with Gasteiger partial charge in [-0.15, -0.1) is 0 Å². The first-order valence-corrected chi connectivity index (χ1v) is 9.18. The zero-order chi connectivity index (χ0) is 19.7. The van der Waals surface area contributed by atoms with Gasteiger partial charge in [0.15, 0.2) is 11.4 Å². The first kappa shape index (κ1) is 18.3. The molecule has 3 aromatic rings. The number of para-hydroxylation sites is 1. The van der Waals surface area contributed by atoms with Gasteiger partial charge in [0.1, 0.15) is 0 Å². The third-order valence-electron chi connectivity index (χ3n) is 4.89. The van der Waals surface area contributed by atoms with Crippen LogP contribution in [-0.2, 0) is 16.9 Å². The van der Waals surface area contributed by atoms with Gasteiger partial charge in [0.05, 0.1) is 18.7 Å². The van der Waals surface area contributed by atoms with Crippen LogP contribution in [0.2, 0.25) is 5.02 Å². The van der Waals surface area contributed by atoms with Crippen molar-refractivity contribution in [2.75, 3.05) is 4.90 Å². The van der Waals surface area contributed by atoms with Crippen molar-refractivity contribution in [2.24, 2.45) is 0 Å². The minimum absolute atomic E-state index is 0.274. The van der Waals surface area contributed by atoms with Gasteiger partial charge in [-0.3, -0.25) is 14.6 Å². The molecule has 1 atom stereocenters. The number of amides is 1. The summed E-state index contributed by atoms with van der Waals surface area (Å²) in [5.41, 5.74) is 0.360. The van der Waals surface area contributed by atoms with Gasteiger partial charge in [-0.05, 0) is 35.9 Å². The lowest BCUT2D eigenvalue weighted by molar-refractivity contribution is -0.136. The van der Waals surface area contributed by atoms with Gasteiger partial charge >= 0.3 is 0 Å².